The molecule has 0 N–H and O–H groups in total. The first-order chi connectivity index (χ1) is 6.59. The molecular formula is C10H18F3NO. The summed E-state index contributed by atoms with van der Waals surface area (Å²) in [6.07, 6.45) is -4.80. The van der Waals surface area contributed by atoms with Gasteiger partial charge in [-0.3, -0.25) is 9.64 Å². The molecule has 0 aromatic heterocycles. The van der Waals surface area contributed by atoms with E-state index in [9.17, 15) is 13.2 Å². The van der Waals surface area contributed by atoms with Crippen LogP contribution in [0.25, 0.3) is 0 Å². The van der Waals surface area contributed by atoms with Crippen LogP contribution < -0.4 is 0 Å². The maximum atomic E-state index is 12.0. The molecule has 0 bridgehead atoms. The number of ether oxygens (including phenoxy) is 1. The SMILES string of the molecule is C[C@H]1CC(OC(F)(F)F)CN1C(C)(C)C. The van der Waals surface area contributed by atoms with Crippen LogP contribution in [0.3, 0.4) is 0 Å². The normalized spacial score (nSPS) is 29.8. The van der Waals surface area contributed by atoms with Crippen LogP contribution in [0.15, 0.2) is 0 Å². The lowest BCUT2D eigenvalue weighted by molar-refractivity contribution is -0.340. The van der Waals surface area contributed by atoms with Crippen LogP contribution in [0.4, 0.5) is 13.2 Å². The Morgan fingerprint density at radius 1 is 1.20 bits per heavy atom. The van der Waals surface area contributed by atoms with Gasteiger partial charge in [-0.1, -0.05) is 0 Å². The van der Waals surface area contributed by atoms with Crippen LogP contribution in [-0.4, -0.2) is 35.5 Å². The van der Waals surface area contributed by atoms with E-state index in [2.05, 4.69) is 4.74 Å². The van der Waals surface area contributed by atoms with Gasteiger partial charge in [0, 0.05) is 18.1 Å². The summed E-state index contributed by atoms with van der Waals surface area (Å²) in [7, 11) is 0. The molecule has 0 aromatic carbocycles. The predicted octanol–water partition coefficient (Wildman–Crippen LogP) is 2.78. The fourth-order valence-corrected chi connectivity index (χ4v) is 2.19. The molecule has 0 radical (unpaired) electrons. The van der Waals surface area contributed by atoms with E-state index < -0.39 is 12.5 Å². The molecule has 1 heterocycles. The number of nitrogens with zero attached hydrogens (tertiary/aromatic N) is 1. The van der Waals surface area contributed by atoms with E-state index in [1.807, 2.05) is 32.6 Å². The zero-order chi connectivity index (χ0) is 11.9. The van der Waals surface area contributed by atoms with Gasteiger partial charge in [-0.05, 0) is 34.1 Å². The van der Waals surface area contributed by atoms with Crippen molar-refractivity contribution in [1.82, 2.24) is 4.90 Å². The van der Waals surface area contributed by atoms with Crippen LogP contribution in [0, 0.1) is 0 Å². The van der Waals surface area contributed by atoms with Gasteiger partial charge >= 0.3 is 6.36 Å². The highest BCUT2D eigenvalue weighted by Crippen LogP contribution is 2.31. The summed E-state index contributed by atoms with van der Waals surface area (Å²) in [6, 6.07) is 0.136. The van der Waals surface area contributed by atoms with Crippen molar-refractivity contribution in [2.24, 2.45) is 0 Å². The predicted molar refractivity (Wildman–Crippen MR) is 51.5 cm³/mol. The smallest absolute Gasteiger partial charge is 0.293 e. The van der Waals surface area contributed by atoms with Crippen molar-refractivity contribution >= 4 is 0 Å². The molecule has 90 valence electrons. The van der Waals surface area contributed by atoms with Gasteiger partial charge in [-0.2, -0.15) is 0 Å². The molecule has 2 atom stereocenters. The Morgan fingerprint density at radius 2 is 1.73 bits per heavy atom. The van der Waals surface area contributed by atoms with Crippen molar-refractivity contribution < 1.29 is 17.9 Å². The summed E-state index contributed by atoms with van der Waals surface area (Å²) in [6.45, 7) is 8.29. The van der Waals surface area contributed by atoms with Gasteiger partial charge in [0.25, 0.3) is 0 Å². The van der Waals surface area contributed by atoms with Crippen molar-refractivity contribution in [2.45, 2.75) is 58.2 Å². The molecule has 0 spiro atoms. The molecule has 0 amide bonds. The summed E-state index contributed by atoms with van der Waals surface area (Å²) in [5, 5.41) is 0. The standard InChI is InChI=1S/C10H18F3NO/c1-7-5-8(15-10(11,12)13)6-14(7)9(2,3)4/h7-8H,5-6H2,1-4H3/t7-,8?/m0/s1. The van der Waals surface area contributed by atoms with Crippen LogP contribution in [0.2, 0.25) is 0 Å². The lowest BCUT2D eigenvalue weighted by Crippen LogP contribution is -2.44. The van der Waals surface area contributed by atoms with Gasteiger partial charge in [0.05, 0.1) is 6.10 Å². The van der Waals surface area contributed by atoms with Gasteiger partial charge in [-0.25, -0.2) is 0 Å². The molecule has 1 saturated heterocycles. The van der Waals surface area contributed by atoms with Crippen LogP contribution >= 0.6 is 0 Å². The number of alkyl halides is 3. The van der Waals surface area contributed by atoms with Gasteiger partial charge in [0.2, 0.25) is 0 Å². The fourth-order valence-electron chi connectivity index (χ4n) is 2.19. The average Bonchev–Trinajstić information content (AvgIpc) is 2.25. The Hall–Kier alpha value is -0.290. The largest absolute Gasteiger partial charge is 0.522 e. The molecule has 1 unspecified atom stereocenters. The summed E-state index contributed by atoms with van der Waals surface area (Å²) in [5.41, 5.74) is -0.108. The van der Waals surface area contributed by atoms with Gasteiger partial charge in [0.1, 0.15) is 0 Å². The second-order valence-corrected chi connectivity index (χ2v) is 5.09. The Morgan fingerprint density at radius 3 is 2.07 bits per heavy atom. The molecule has 1 rings (SSSR count). The Balaban J connectivity index is 2.57. The summed E-state index contributed by atoms with van der Waals surface area (Å²) in [5.74, 6) is 0. The summed E-state index contributed by atoms with van der Waals surface area (Å²) >= 11 is 0. The molecule has 15 heavy (non-hydrogen) atoms. The first-order valence-electron chi connectivity index (χ1n) is 5.11. The molecule has 2 nitrogen and oxygen atoms in total. The quantitative estimate of drug-likeness (QED) is 0.680. The van der Waals surface area contributed by atoms with Gasteiger partial charge in [0.15, 0.2) is 0 Å². The third kappa shape index (κ3) is 3.65. The Bertz CT molecular complexity index is 222. The highest BCUT2D eigenvalue weighted by molar-refractivity contribution is 4.90. The number of likely N-dealkylation sites (tertiary alicyclic amines) is 1. The van der Waals surface area contributed by atoms with Crippen molar-refractivity contribution in [2.75, 3.05) is 6.54 Å². The van der Waals surface area contributed by atoms with Crippen LogP contribution in [0.5, 0.6) is 0 Å². The first kappa shape index (κ1) is 12.8. The van der Waals surface area contributed by atoms with E-state index in [1.54, 1.807) is 0 Å². The van der Waals surface area contributed by atoms with Crippen molar-refractivity contribution in [1.29, 1.82) is 0 Å². The minimum absolute atomic E-state index is 0.108. The average molecular weight is 225 g/mol. The molecule has 1 fully saturated rings. The number of hydrogen-bond acceptors (Lipinski definition) is 2. The Kier molecular flexibility index (Phi) is 3.36. The minimum atomic E-state index is -4.52. The second kappa shape index (κ2) is 3.94. The molecule has 0 aliphatic carbocycles. The number of halogens is 3. The fraction of sp³-hybridized carbons (Fsp3) is 1.00. The molecule has 5 heteroatoms. The minimum Gasteiger partial charge on any atom is -0.293 e. The Labute approximate surface area is 88.4 Å². The van der Waals surface area contributed by atoms with Crippen molar-refractivity contribution in [3.8, 4) is 0 Å². The molecule has 1 aliphatic heterocycles. The summed E-state index contributed by atoms with van der Waals surface area (Å²) < 4.78 is 40.1. The van der Waals surface area contributed by atoms with Crippen LogP contribution in [0.1, 0.15) is 34.1 Å². The van der Waals surface area contributed by atoms with E-state index in [0.29, 0.717) is 13.0 Å². The third-order valence-electron chi connectivity index (χ3n) is 2.70. The lowest BCUT2D eigenvalue weighted by atomic mass is 10.1. The van der Waals surface area contributed by atoms with E-state index >= 15 is 0 Å². The molecule has 0 aromatic rings. The van der Waals surface area contributed by atoms with E-state index in [-0.39, 0.29) is 11.6 Å². The zero-order valence-corrected chi connectivity index (χ0v) is 9.56. The number of rotatable bonds is 1. The molecule has 0 saturated carbocycles. The van der Waals surface area contributed by atoms with Gasteiger partial charge < -0.3 is 0 Å². The lowest BCUT2D eigenvalue weighted by Gasteiger charge is -2.35. The maximum Gasteiger partial charge on any atom is 0.522 e. The second-order valence-electron chi connectivity index (χ2n) is 5.09. The topological polar surface area (TPSA) is 12.5 Å². The van der Waals surface area contributed by atoms with Crippen LogP contribution in [-0.2, 0) is 4.74 Å². The molecular weight excluding hydrogens is 207 g/mol. The monoisotopic (exact) mass is 225 g/mol. The van der Waals surface area contributed by atoms with E-state index in [0.717, 1.165) is 0 Å². The van der Waals surface area contributed by atoms with E-state index in [4.69, 9.17) is 0 Å². The van der Waals surface area contributed by atoms with E-state index in [1.165, 1.54) is 0 Å². The number of hydrogen-bond donors (Lipinski definition) is 0. The highest BCUT2D eigenvalue weighted by atomic mass is 19.4. The third-order valence-corrected chi connectivity index (χ3v) is 2.70. The first-order valence-corrected chi connectivity index (χ1v) is 5.11. The van der Waals surface area contributed by atoms with Crippen molar-refractivity contribution in [3.05, 3.63) is 0 Å². The van der Waals surface area contributed by atoms with Gasteiger partial charge in [-0.15, -0.1) is 13.2 Å². The maximum absolute atomic E-state index is 12.0. The molecule has 1 aliphatic rings. The summed E-state index contributed by atoms with van der Waals surface area (Å²) in [4.78, 5) is 2.05. The highest BCUT2D eigenvalue weighted by Gasteiger charge is 2.41. The zero-order valence-electron chi connectivity index (χ0n) is 9.56. The van der Waals surface area contributed by atoms with Crippen molar-refractivity contribution in [3.63, 3.8) is 0 Å².